The van der Waals surface area contributed by atoms with Crippen molar-refractivity contribution >= 4 is 62.8 Å². The van der Waals surface area contributed by atoms with Crippen molar-refractivity contribution in [2.75, 3.05) is 37.3 Å². The Morgan fingerprint density at radius 3 is 2.32 bits per heavy atom. The first kappa shape index (κ1) is 30.9. The van der Waals surface area contributed by atoms with E-state index in [0.717, 1.165) is 33.1 Å². The van der Waals surface area contributed by atoms with Crippen molar-refractivity contribution in [3.63, 3.8) is 0 Å². The van der Waals surface area contributed by atoms with E-state index in [4.69, 9.17) is 26.4 Å². The lowest BCUT2D eigenvalue weighted by Crippen LogP contribution is -2.20. The minimum absolute atomic E-state index is 0.180. The molecule has 5 aromatic rings. The molecule has 0 spiro atoms. The number of para-hydroxylation sites is 2. The average Bonchev–Trinajstić information content (AvgIpc) is 3.52. The summed E-state index contributed by atoms with van der Waals surface area (Å²) >= 11 is 8.35. The predicted molar refractivity (Wildman–Crippen MR) is 184 cm³/mol. The van der Waals surface area contributed by atoms with Crippen LogP contribution in [0.25, 0.3) is 11.3 Å². The van der Waals surface area contributed by atoms with Gasteiger partial charge in [0.1, 0.15) is 11.0 Å². The number of thioether (sulfide) groups is 1. The lowest BCUT2D eigenvalue weighted by atomic mass is 10.1. The van der Waals surface area contributed by atoms with Gasteiger partial charge in [-0.05, 0) is 66.3 Å². The summed E-state index contributed by atoms with van der Waals surface area (Å²) in [6, 6.07) is 30.6. The number of thiazole rings is 1. The Bertz CT molecular complexity index is 1750. The zero-order chi connectivity index (χ0) is 30.9. The molecule has 5 rings (SSSR count). The Hall–Kier alpha value is -4.58. The molecular formula is C33H30N4O4S3. The van der Waals surface area contributed by atoms with E-state index in [0.29, 0.717) is 27.5 Å². The number of thiocarbonyl (C=S) groups is 1. The van der Waals surface area contributed by atoms with E-state index in [-0.39, 0.29) is 5.91 Å². The Morgan fingerprint density at radius 1 is 0.795 bits per heavy atom. The number of methoxy groups -OCH3 is 3. The number of benzene rings is 4. The van der Waals surface area contributed by atoms with Crippen LogP contribution in [0.15, 0.2) is 107 Å². The van der Waals surface area contributed by atoms with Crippen molar-refractivity contribution in [3.05, 3.63) is 108 Å². The van der Waals surface area contributed by atoms with Gasteiger partial charge in [0.2, 0.25) is 5.91 Å². The van der Waals surface area contributed by atoms with Crippen LogP contribution < -0.4 is 30.2 Å². The van der Waals surface area contributed by atoms with Crippen LogP contribution in [0.3, 0.4) is 0 Å². The molecule has 0 saturated carbocycles. The first-order chi connectivity index (χ1) is 21.5. The highest BCUT2D eigenvalue weighted by atomic mass is 32.2. The molecule has 0 aliphatic rings. The van der Waals surface area contributed by atoms with Crippen molar-refractivity contribution in [1.82, 2.24) is 4.98 Å². The number of carbonyl (C=O) groups excluding carboxylic acids is 1. The van der Waals surface area contributed by atoms with Gasteiger partial charge in [0.05, 0.1) is 32.7 Å². The SMILES string of the molecule is COc1ccccc1NC(=S)Nc1cccc(SC(C(=O)Nc2nc(-c3ccc(OC)c(OC)c3)cs2)c2ccccc2)c1. The summed E-state index contributed by atoms with van der Waals surface area (Å²) in [6.07, 6.45) is 0. The Labute approximate surface area is 269 Å². The van der Waals surface area contributed by atoms with Crippen molar-refractivity contribution in [2.45, 2.75) is 10.1 Å². The van der Waals surface area contributed by atoms with Gasteiger partial charge < -0.3 is 30.2 Å². The third-order valence-corrected chi connectivity index (χ3v) is 8.66. The Kier molecular flexibility index (Phi) is 10.3. The molecule has 0 radical (unpaired) electrons. The maximum Gasteiger partial charge on any atom is 0.244 e. The number of anilines is 3. The van der Waals surface area contributed by atoms with Crippen molar-refractivity contribution in [3.8, 4) is 28.5 Å². The fourth-order valence-electron chi connectivity index (χ4n) is 4.35. The van der Waals surface area contributed by atoms with Crippen LogP contribution in [0.5, 0.6) is 17.2 Å². The van der Waals surface area contributed by atoms with Crippen LogP contribution in [-0.4, -0.2) is 37.3 Å². The Morgan fingerprint density at radius 2 is 1.55 bits per heavy atom. The first-order valence-electron chi connectivity index (χ1n) is 13.5. The first-order valence-corrected chi connectivity index (χ1v) is 15.7. The molecule has 224 valence electrons. The second-order valence-corrected chi connectivity index (χ2v) is 11.8. The summed E-state index contributed by atoms with van der Waals surface area (Å²) in [5, 5.41) is 11.7. The second-order valence-electron chi connectivity index (χ2n) is 9.31. The molecule has 0 aliphatic carbocycles. The fraction of sp³-hybridized carbons (Fsp3) is 0.121. The number of nitrogens with one attached hydrogen (secondary N) is 3. The van der Waals surface area contributed by atoms with Gasteiger partial charge in [0.25, 0.3) is 0 Å². The van der Waals surface area contributed by atoms with Crippen LogP contribution in [0.4, 0.5) is 16.5 Å². The Balaban J connectivity index is 1.31. The minimum atomic E-state index is -0.529. The van der Waals surface area contributed by atoms with Crippen LogP contribution >= 0.6 is 35.3 Å². The van der Waals surface area contributed by atoms with Gasteiger partial charge in [0.15, 0.2) is 21.7 Å². The molecule has 1 amide bonds. The number of hydrogen-bond acceptors (Lipinski definition) is 8. The highest BCUT2D eigenvalue weighted by Gasteiger charge is 2.23. The number of amides is 1. The van der Waals surface area contributed by atoms with Gasteiger partial charge in [-0.3, -0.25) is 4.79 Å². The molecule has 1 aromatic heterocycles. The van der Waals surface area contributed by atoms with Gasteiger partial charge >= 0.3 is 0 Å². The predicted octanol–water partition coefficient (Wildman–Crippen LogP) is 8.12. The molecule has 11 heteroatoms. The summed E-state index contributed by atoms with van der Waals surface area (Å²) in [4.78, 5) is 19.3. The number of rotatable bonds is 11. The normalized spacial score (nSPS) is 11.2. The van der Waals surface area contributed by atoms with E-state index in [2.05, 4.69) is 20.9 Å². The summed E-state index contributed by atoms with van der Waals surface area (Å²) in [5.41, 5.74) is 4.00. The zero-order valence-corrected chi connectivity index (χ0v) is 26.6. The number of nitrogens with zero attached hydrogens (tertiary/aromatic N) is 1. The van der Waals surface area contributed by atoms with E-state index in [9.17, 15) is 4.79 Å². The average molecular weight is 643 g/mol. The monoisotopic (exact) mass is 642 g/mol. The van der Waals surface area contributed by atoms with Gasteiger partial charge in [-0.1, -0.05) is 48.5 Å². The summed E-state index contributed by atoms with van der Waals surface area (Å²) in [6.45, 7) is 0. The van der Waals surface area contributed by atoms with E-state index < -0.39 is 5.25 Å². The number of hydrogen-bond donors (Lipinski definition) is 3. The molecule has 0 bridgehead atoms. The lowest BCUT2D eigenvalue weighted by Gasteiger charge is -2.17. The highest BCUT2D eigenvalue weighted by molar-refractivity contribution is 8.00. The maximum atomic E-state index is 13.7. The third-order valence-electron chi connectivity index (χ3n) is 6.46. The maximum absolute atomic E-state index is 13.7. The molecule has 8 nitrogen and oxygen atoms in total. The summed E-state index contributed by atoms with van der Waals surface area (Å²) in [7, 11) is 4.80. The molecule has 0 saturated heterocycles. The van der Waals surface area contributed by atoms with Gasteiger partial charge in [0, 0.05) is 21.5 Å². The second kappa shape index (κ2) is 14.7. The van der Waals surface area contributed by atoms with Crippen LogP contribution in [0.1, 0.15) is 10.8 Å². The standard InChI is InChI=1S/C33H30N4O4S3/c1-39-27-15-8-7-14-25(27)35-32(42)34-23-12-9-13-24(19-23)44-30(21-10-5-4-6-11-21)31(38)37-33-36-26(20-43-33)22-16-17-28(40-2)29(18-22)41-3/h4-20,30H,1-3H3,(H2,34,35,42)(H,36,37,38). The molecule has 4 aromatic carbocycles. The van der Waals surface area contributed by atoms with Crippen molar-refractivity contribution in [2.24, 2.45) is 0 Å². The highest BCUT2D eigenvalue weighted by Crippen LogP contribution is 2.38. The number of ether oxygens (including phenoxy) is 3. The van der Waals surface area contributed by atoms with E-state index in [1.165, 1.54) is 23.1 Å². The molecule has 44 heavy (non-hydrogen) atoms. The topological polar surface area (TPSA) is 93.7 Å². The van der Waals surface area contributed by atoms with Crippen LogP contribution in [-0.2, 0) is 4.79 Å². The van der Waals surface area contributed by atoms with Crippen molar-refractivity contribution in [1.29, 1.82) is 0 Å². The summed E-state index contributed by atoms with van der Waals surface area (Å²) in [5.74, 6) is 1.75. The molecule has 1 atom stereocenters. The fourth-order valence-corrected chi connectivity index (χ4v) is 6.38. The van der Waals surface area contributed by atoms with Crippen molar-refractivity contribution < 1.29 is 19.0 Å². The molecule has 0 fully saturated rings. The smallest absolute Gasteiger partial charge is 0.244 e. The van der Waals surface area contributed by atoms with E-state index >= 15 is 0 Å². The molecule has 3 N–H and O–H groups in total. The minimum Gasteiger partial charge on any atom is -0.495 e. The largest absolute Gasteiger partial charge is 0.495 e. The molecule has 1 heterocycles. The quantitative estimate of drug-likeness (QED) is 0.0976. The third kappa shape index (κ3) is 7.67. The lowest BCUT2D eigenvalue weighted by molar-refractivity contribution is -0.115. The van der Waals surface area contributed by atoms with Gasteiger partial charge in [-0.2, -0.15) is 0 Å². The zero-order valence-electron chi connectivity index (χ0n) is 24.2. The van der Waals surface area contributed by atoms with Crippen LogP contribution in [0.2, 0.25) is 0 Å². The van der Waals surface area contributed by atoms with Gasteiger partial charge in [-0.25, -0.2) is 4.98 Å². The van der Waals surface area contributed by atoms with E-state index in [1.807, 2.05) is 102 Å². The molecule has 1 unspecified atom stereocenters. The van der Waals surface area contributed by atoms with E-state index in [1.54, 1.807) is 21.3 Å². The number of aromatic nitrogens is 1. The molecule has 0 aliphatic heterocycles. The van der Waals surface area contributed by atoms with Gasteiger partial charge in [-0.15, -0.1) is 23.1 Å². The number of carbonyl (C=O) groups is 1. The summed E-state index contributed by atoms with van der Waals surface area (Å²) < 4.78 is 16.2. The van der Waals surface area contributed by atoms with Crippen LogP contribution in [0, 0.1) is 0 Å². The molecular weight excluding hydrogens is 613 g/mol.